The summed E-state index contributed by atoms with van der Waals surface area (Å²) in [4.78, 5) is 4.71. The SMILES string of the molecule is C[C@@H]1C=C[C@H](C)C(c2ccc[se]2)(c2ccc[se]2)S1. The molecule has 0 aliphatic carbocycles. The molecule has 0 unspecified atom stereocenters. The van der Waals surface area contributed by atoms with Crippen molar-refractivity contribution in [3.63, 3.8) is 0 Å². The van der Waals surface area contributed by atoms with Crippen molar-refractivity contribution in [1.29, 1.82) is 0 Å². The van der Waals surface area contributed by atoms with Crippen molar-refractivity contribution >= 4 is 40.8 Å². The Morgan fingerprint density at radius 2 is 1.61 bits per heavy atom. The Kier molecular flexibility index (Phi) is 3.80. The first-order valence-electron chi connectivity index (χ1n) is 6.17. The number of rotatable bonds is 2. The van der Waals surface area contributed by atoms with Crippen LogP contribution < -0.4 is 0 Å². The van der Waals surface area contributed by atoms with Gasteiger partial charge in [0.1, 0.15) is 0 Å². The zero-order chi connectivity index (χ0) is 12.6. The van der Waals surface area contributed by atoms with Crippen molar-refractivity contribution in [2.24, 2.45) is 5.92 Å². The molecular weight excluding hydrogens is 370 g/mol. The van der Waals surface area contributed by atoms with Crippen molar-refractivity contribution in [2.75, 3.05) is 0 Å². The van der Waals surface area contributed by atoms with Crippen LogP contribution in [-0.2, 0) is 4.75 Å². The topological polar surface area (TPSA) is 0 Å². The van der Waals surface area contributed by atoms with Gasteiger partial charge >= 0.3 is 126 Å². The van der Waals surface area contributed by atoms with E-state index in [4.69, 9.17) is 0 Å². The fourth-order valence-electron chi connectivity index (χ4n) is 2.56. The molecule has 1 aliphatic heterocycles. The summed E-state index contributed by atoms with van der Waals surface area (Å²) in [6.07, 6.45) is 4.81. The van der Waals surface area contributed by atoms with Gasteiger partial charge in [-0.15, -0.1) is 0 Å². The average Bonchev–Trinajstić information content (AvgIpc) is 3.03. The van der Waals surface area contributed by atoms with Crippen molar-refractivity contribution in [3.8, 4) is 0 Å². The molecule has 3 heterocycles. The van der Waals surface area contributed by atoms with Gasteiger partial charge in [-0.25, -0.2) is 0 Å². The molecule has 2 aromatic rings. The van der Waals surface area contributed by atoms with E-state index in [1.54, 1.807) is 8.87 Å². The molecular formula is C15H16SSe2. The monoisotopic (exact) mass is 388 g/mol. The van der Waals surface area contributed by atoms with Crippen LogP contribution >= 0.6 is 11.8 Å². The van der Waals surface area contributed by atoms with Crippen LogP contribution in [0.15, 0.2) is 46.3 Å². The summed E-state index contributed by atoms with van der Waals surface area (Å²) < 4.78 is 3.59. The molecule has 0 aromatic carbocycles. The van der Waals surface area contributed by atoms with E-state index in [0.29, 0.717) is 40.2 Å². The van der Waals surface area contributed by atoms with E-state index >= 15 is 0 Å². The van der Waals surface area contributed by atoms with Gasteiger partial charge in [0.2, 0.25) is 0 Å². The maximum absolute atomic E-state index is 2.44. The van der Waals surface area contributed by atoms with E-state index in [1.165, 1.54) is 0 Å². The third-order valence-electron chi connectivity index (χ3n) is 3.46. The minimum atomic E-state index is 0.251. The first-order valence-corrected chi connectivity index (χ1v) is 10.7. The second-order valence-electron chi connectivity index (χ2n) is 4.69. The molecule has 3 rings (SSSR count). The van der Waals surface area contributed by atoms with Crippen LogP contribution in [0.2, 0.25) is 0 Å². The summed E-state index contributed by atoms with van der Waals surface area (Å²) in [5, 5.41) is 0.621. The van der Waals surface area contributed by atoms with Crippen LogP contribution in [0.1, 0.15) is 22.7 Å². The molecule has 0 N–H and O–H groups in total. The Balaban J connectivity index is 2.18. The van der Waals surface area contributed by atoms with Gasteiger partial charge in [-0.1, -0.05) is 0 Å². The number of allylic oxidation sites excluding steroid dienone is 1. The average molecular weight is 386 g/mol. The Morgan fingerprint density at radius 1 is 1.00 bits per heavy atom. The standard InChI is InChI=1S/C15H16SSe2/c1-11-7-8-12(2)16-15(11,13-5-3-9-17-13)14-6-4-10-18-14/h3-12H,1-2H3/t11-,12+/m0/s1. The third kappa shape index (κ3) is 2.07. The molecule has 0 radical (unpaired) electrons. The van der Waals surface area contributed by atoms with Gasteiger partial charge in [0.05, 0.1) is 0 Å². The molecule has 2 aromatic heterocycles. The summed E-state index contributed by atoms with van der Waals surface area (Å²) in [5.74, 6) is 0.611. The number of hydrogen-bond acceptors (Lipinski definition) is 1. The van der Waals surface area contributed by atoms with Crippen molar-refractivity contribution in [2.45, 2.75) is 23.8 Å². The van der Waals surface area contributed by atoms with Crippen LogP contribution in [0.25, 0.3) is 0 Å². The maximum atomic E-state index is 2.44. The second-order valence-corrected chi connectivity index (χ2v) is 10.3. The van der Waals surface area contributed by atoms with E-state index in [1.807, 2.05) is 0 Å². The van der Waals surface area contributed by atoms with Crippen LogP contribution in [0, 0.1) is 5.92 Å². The van der Waals surface area contributed by atoms with Gasteiger partial charge in [-0.05, 0) is 0 Å². The predicted molar refractivity (Wildman–Crippen MR) is 82.9 cm³/mol. The van der Waals surface area contributed by atoms with Gasteiger partial charge in [0, 0.05) is 0 Å². The van der Waals surface area contributed by atoms with E-state index in [9.17, 15) is 0 Å². The quantitative estimate of drug-likeness (QED) is 0.564. The van der Waals surface area contributed by atoms with Crippen molar-refractivity contribution < 1.29 is 0 Å². The second kappa shape index (κ2) is 5.23. The van der Waals surface area contributed by atoms with Gasteiger partial charge in [0.15, 0.2) is 0 Å². The van der Waals surface area contributed by atoms with Gasteiger partial charge in [-0.3, -0.25) is 0 Å². The Hall–Kier alpha value is 0.0890. The molecule has 0 fully saturated rings. The van der Waals surface area contributed by atoms with E-state index in [2.05, 4.69) is 71.9 Å². The summed E-state index contributed by atoms with van der Waals surface area (Å²) in [7, 11) is 0. The fraction of sp³-hybridized carbons (Fsp3) is 0.333. The predicted octanol–water partition coefficient (Wildman–Crippen LogP) is 3.37. The Morgan fingerprint density at radius 3 is 2.11 bits per heavy atom. The summed E-state index contributed by atoms with van der Waals surface area (Å²) in [6, 6.07) is 9.27. The molecule has 94 valence electrons. The normalized spacial score (nSPS) is 26.3. The van der Waals surface area contributed by atoms with Crippen LogP contribution in [0.4, 0.5) is 0 Å². The third-order valence-corrected chi connectivity index (χ3v) is 9.97. The van der Waals surface area contributed by atoms with Gasteiger partial charge in [-0.2, -0.15) is 0 Å². The summed E-state index contributed by atoms with van der Waals surface area (Å²) in [6.45, 7) is 4.72. The van der Waals surface area contributed by atoms with Crippen LogP contribution in [-0.4, -0.2) is 34.3 Å². The molecule has 2 atom stereocenters. The fourth-order valence-corrected chi connectivity index (χ4v) is 9.33. The van der Waals surface area contributed by atoms with Gasteiger partial charge < -0.3 is 0 Å². The molecule has 0 amide bonds. The zero-order valence-electron chi connectivity index (χ0n) is 10.5. The molecule has 0 bridgehead atoms. The first-order chi connectivity index (χ1) is 8.73. The number of hydrogen-bond donors (Lipinski definition) is 0. The van der Waals surface area contributed by atoms with Gasteiger partial charge in [0.25, 0.3) is 0 Å². The number of thioether (sulfide) groups is 1. The zero-order valence-corrected chi connectivity index (χ0v) is 14.7. The van der Waals surface area contributed by atoms with E-state index < -0.39 is 0 Å². The molecule has 0 nitrogen and oxygen atoms in total. The Bertz CT molecular complexity index is 491. The van der Waals surface area contributed by atoms with E-state index in [-0.39, 0.29) is 4.75 Å². The Labute approximate surface area is 125 Å². The molecule has 1 aliphatic rings. The summed E-state index contributed by atoms with van der Waals surface area (Å²) in [5.41, 5.74) is 0. The van der Waals surface area contributed by atoms with Crippen LogP contribution in [0.3, 0.4) is 0 Å². The first kappa shape index (κ1) is 13.1. The van der Waals surface area contributed by atoms with Crippen LogP contribution in [0.5, 0.6) is 0 Å². The molecule has 18 heavy (non-hydrogen) atoms. The minimum absolute atomic E-state index is 0.251. The molecule has 0 spiro atoms. The van der Waals surface area contributed by atoms with E-state index in [0.717, 1.165) is 0 Å². The van der Waals surface area contributed by atoms with Crippen molar-refractivity contribution in [1.82, 2.24) is 0 Å². The molecule has 0 saturated heterocycles. The molecule has 3 heteroatoms. The van der Waals surface area contributed by atoms with Crippen molar-refractivity contribution in [3.05, 3.63) is 55.2 Å². The summed E-state index contributed by atoms with van der Waals surface area (Å²) >= 11 is 3.26. The molecule has 0 saturated carbocycles.